The van der Waals surface area contributed by atoms with E-state index in [2.05, 4.69) is 0 Å². The normalized spacial score (nSPS) is 12.1. The molecule has 0 saturated heterocycles. The molecule has 1 aromatic rings. The number of amides is 1. The monoisotopic (exact) mass is 211 g/mol. The first-order valence-corrected chi connectivity index (χ1v) is 4.45. The molecule has 4 N–H and O–H groups in total. The number of carbonyl (C=O) groups is 1. The van der Waals surface area contributed by atoms with Crippen molar-refractivity contribution in [2.24, 2.45) is 5.73 Å². The predicted molar refractivity (Wildman–Crippen MR) is 53.5 cm³/mol. The molecular weight excluding hydrogens is 198 g/mol. The minimum absolute atomic E-state index is 0.00637. The van der Waals surface area contributed by atoms with E-state index in [1.165, 1.54) is 12.1 Å². The van der Waals surface area contributed by atoms with Gasteiger partial charge in [0.25, 0.3) is 0 Å². The quantitative estimate of drug-likeness (QED) is 0.613. The smallest absolute Gasteiger partial charge is 0.248 e. The number of aliphatic hydroxyl groups is 2. The van der Waals surface area contributed by atoms with Gasteiger partial charge in [0.1, 0.15) is 18.5 Å². The molecule has 15 heavy (non-hydrogen) atoms. The number of hydrogen-bond donors (Lipinski definition) is 3. The summed E-state index contributed by atoms with van der Waals surface area (Å²) in [5, 5.41) is 17.6. The summed E-state index contributed by atoms with van der Waals surface area (Å²) in [6.07, 6.45) is -0.902. The zero-order chi connectivity index (χ0) is 11.3. The van der Waals surface area contributed by atoms with Gasteiger partial charge < -0.3 is 20.7 Å². The molecule has 0 saturated carbocycles. The number of hydrogen-bond acceptors (Lipinski definition) is 4. The van der Waals surface area contributed by atoms with Crippen LogP contribution < -0.4 is 10.5 Å². The fraction of sp³-hybridized carbons (Fsp3) is 0.300. The third kappa shape index (κ3) is 3.57. The molecule has 0 aliphatic carbocycles. The highest BCUT2D eigenvalue weighted by Gasteiger charge is 2.04. The highest BCUT2D eigenvalue weighted by molar-refractivity contribution is 5.92. The first-order chi connectivity index (χ1) is 7.13. The second kappa shape index (κ2) is 5.33. The third-order valence-electron chi connectivity index (χ3n) is 1.79. The number of aliphatic hydroxyl groups excluding tert-OH is 2. The van der Waals surface area contributed by atoms with Gasteiger partial charge in [-0.05, 0) is 24.3 Å². The lowest BCUT2D eigenvalue weighted by atomic mass is 10.2. The maximum atomic E-state index is 10.7. The Balaban J connectivity index is 2.53. The Hall–Kier alpha value is -1.59. The van der Waals surface area contributed by atoms with Crippen molar-refractivity contribution in [3.05, 3.63) is 29.8 Å². The molecule has 82 valence electrons. The van der Waals surface area contributed by atoms with Crippen molar-refractivity contribution < 1.29 is 19.7 Å². The molecule has 5 heteroatoms. The Morgan fingerprint density at radius 2 is 2.00 bits per heavy atom. The van der Waals surface area contributed by atoms with Gasteiger partial charge in [-0.15, -0.1) is 0 Å². The number of primary amides is 1. The van der Waals surface area contributed by atoms with Crippen molar-refractivity contribution in [3.63, 3.8) is 0 Å². The third-order valence-corrected chi connectivity index (χ3v) is 1.79. The van der Waals surface area contributed by atoms with Crippen LogP contribution in [0.5, 0.6) is 5.75 Å². The molecule has 1 amide bonds. The number of benzene rings is 1. The van der Waals surface area contributed by atoms with Crippen LogP contribution in [0.1, 0.15) is 10.4 Å². The SMILES string of the molecule is NC(=O)c1ccc(OCC(O)CO)cc1. The fourth-order valence-electron chi connectivity index (χ4n) is 0.961. The minimum atomic E-state index is -0.902. The molecule has 0 fully saturated rings. The van der Waals surface area contributed by atoms with E-state index in [9.17, 15) is 4.79 Å². The molecule has 5 nitrogen and oxygen atoms in total. The van der Waals surface area contributed by atoms with Gasteiger partial charge in [-0.3, -0.25) is 4.79 Å². The van der Waals surface area contributed by atoms with Crippen LogP contribution in [0.25, 0.3) is 0 Å². The van der Waals surface area contributed by atoms with Crippen molar-refractivity contribution in [2.75, 3.05) is 13.2 Å². The summed E-state index contributed by atoms with van der Waals surface area (Å²) in [6.45, 7) is -0.341. The van der Waals surface area contributed by atoms with Gasteiger partial charge in [0.2, 0.25) is 5.91 Å². The van der Waals surface area contributed by atoms with E-state index in [0.717, 1.165) is 0 Å². The molecule has 0 radical (unpaired) electrons. The maximum Gasteiger partial charge on any atom is 0.248 e. The van der Waals surface area contributed by atoms with Crippen LogP contribution in [-0.4, -0.2) is 35.4 Å². The van der Waals surface area contributed by atoms with Gasteiger partial charge >= 0.3 is 0 Å². The summed E-state index contributed by atoms with van der Waals surface area (Å²) in [5.41, 5.74) is 5.45. The van der Waals surface area contributed by atoms with E-state index in [-0.39, 0.29) is 13.2 Å². The molecule has 0 heterocycles. The molecule has 0 aromatic heterocycles. The average Bonchev–Trinajstić information content (AvgIpc) is 2.26. The summed E-state index contributed by atoms with van der Waals surface area (Å²) < 4.78 is 5.13. The molecule has 1 aromatic carbocycles. The minimum Gasteiger partial charge on any atom is -0.491 e. The maximum absolute atomic E-state index is 10.7. The van der Waals surface area contributed by atoms with Gasteiger partial charge in [-0.2, -0.15) is 0 Å². The second-order valence-corrected chi connectivity index (χ2v) is 3.04. The Kier molecular flexibility index (Phi) is 4.08. The molecule has 0 bridgehead atoms. The van der Waals surface area contributed by atoms with E-state index < -0.39 is 12.0 Å². The largest absolute Gasteiger partial charge is 0.491 e. The van der Waals surface area contributed by atoms with Crippen LogP contribution in [-0.2, 0) is 0 Å². The summed E-state index contributed by atoms with van der Waals surface area (Å²) in [7, 11) is 0. The second-order valence-electron chi connectivity index (χ2n) is 3.04. The number of ether oxygens (including phenoxy) is 1. The van der Waals surface area contributed by atoms with Gasteiger partial charge in [0, 0.05) is 5.56 Å². The van der Waals surface area contributed by atoms with Crippen molar-refractivity contribution in [2.45, 2.75) is 6.10 Å². The number of carbonyl (C=O) groups excluding carboxylic acids is 1. The van der Waals surface area contributed by atoms with Crippen LogP contribution in [0.15, 0.2) is 24.3 Å². The lowest BCUT2D eigenvalue weighted by Gasteiger charge is -2.09. The highest BCUT2D eigenvalue weighted by Crippen LogP contribution is 2.11. The van der Waals surface area contributed by atoms with Crippen molar-refractivity contribution >= 4 is 5.91 Å². The number of nitrogens with two attached hydrogens (primary N) is 1. The lowest BCUT2D eigenvalue weighted by molar-refractivity contribution is 0.0536. The zero-order valence-corrected chi connectivity index (χ0v) is 8.09. The van der Waals surface area contributed by atoms with E-state index in [1.807, 2.05) is 0 Å². The lowest BCUT2D eigenvalue weighted by Crippen LogP contribution is -2.21. The summed E-state index contributed by atoms with van der Waals surface area (Å²) in [6, 6.07) is 6.21. The Morgan fingerprint density at radius 3 is 2.47 bits per heavy atom. The van der Waals surface area contributed by atoms with Gasteiger partial charge in [-0.25, -0.2) is 0 Å². The fourth-order valence-corrected chi connectivity index (χ4v) is 0.961. The van der Waals surface area contributed by atoms with Gasteiger partial charge in [0.15, 0.2) is 0 Å². The predicted octanol–water partition coefficient (Wildman–Crippen LogP) is -0.483. The van der Waals surface area contributed by atoms with E-state index >= 15 is 0 Å². The van der Waals surface area contributed by atoms with E-state index in [0.29, 0.717) is 11.3 Å². The van der Waals surface area contributed by atoms with Gasteiger partial charge in [0.05, 0.1) is 6.61 Å². The molecule has 0 aliphatic heterocycles. The van der Waals surface area contributed by atoms with Crippen LogP contribution in [0.4, 0.5) is 0 Å². The standard InChI is InChI=1S/C10H13NO4/c11-10(14)7-1-3-9(4-2-7)15-6-8(13)5-12/h1-4,8,12-13H,5-6H2,(H2,11,14). The summed E-state index contributed by atoms with van der Waals surface area (Å²) in [5.74, 6) is 0.00411. The van der Waals surface area contributed by atoms with Crippen LogP contribution in [0.3, 0.4) is 0 Å². The Bertz CT molecular complexity index is 323. The number of rotatable bonds is 5. The summed E-state index contributed by atoms with van der Waals surface area (Å²) in [4.78, 5) is 10.7. The molecular formula is C10H13NO4. The van der Waals surface area contributed by atoms with Crippen molar-refractivity contribution in [3.8, 4) is 5.75 Å². The van der Waals surface area contributed by atoms with Crippen molar-refractivity contribution in [1.29, 1.82) is 0 Å². The van der Waals surface area contributed by atoms with E-state index in [4.69, 9.17) is 20.7 Å². The molecule has 1 unspecified atom stereocenters. The Morgan fingerprint density at radius 1 is 1.40 bits per heavy atom. The topological polar surface area (TPSA) is 92.8 Å². The first kappa shape index (κ1) is 11.5. The van der Waals surface area contributed by atoms with Crippen molar-refractivity contribution in [1.82, 2.24) is 0 Å². The molecule has 0 spiro atoms. The average molecular weight is 211 g/mol. The van der Waals surface area contributed by atoms with Crippen LogP contribution in [0.2, 0.25) is 0 Å². The molecule has 1 atom stereocenters. The van der Waals surface area contributed by atoms with E-state index in [1.54, 1.807) is 12.1 Å². The first-order valence-electron chi connectivity index (χ1n) is 4.45. The molecule has 1 rings (SSSR count). The summed E-state index contributed by atoms with van der Waals surface area (Å²) >= 11 is 0. The molecule has 0 aliphatic rings. The zero-order valence-electron chi connectivity index (χ0n) is 8.09. The van der Waals surface area contributed by atoms with Crippen LogP contribution >= 0.6 is 0 Å². The Labute approximate surface area is 87.1 Å². The highest BCUT2D eigenvalue weighted by atomic mass is 16.5. The van der Waals surface area contributed by atoms with Gasteiger partial charge in [-0.1, -0.05) is 0 Å². The van der Waals surface area contributed by atoms with Crippen LogP contribution in [0, 0.1) is 0 Å².